The highest BCUT2D eigenvalue weighted by Gasteiger charge is 2.25. The Bertz CT molecular complexity index is 635. The van der Waals surface area contributed by atoms with Crippen molar-refractivity contribution in [2.24, 2.45) is 0 Å². The Balaban J connectivity index is 2.17. The Labute approximate surface area is 169 Å². The van der Waals surface area contributed by atoms with Gasteiger partial charge in [0.1, 0.15) is 0 Å². The van der Waals surface area contributed by atoms with Crippen LogP contribution in [-0.4, -0.2) is 55.8 Å². The van der Waals surface area contributed by atoms with Gasteiger partial charge < -0.3 is 19.9 Å². The molecule has 1 aliphatic heterocycles. The van der Waals surface area contributed by atoms with Gasteiger partial charge in [-0.05, 0) is 50.0 Å². The van der Waals surface area contributed by atoms with Gasteiger partial charge in [0.2, 0.25) is 0 Å². The highest BCUT2D eigenvalue weighted by atomic mass is 16.5. The van der Waals surface area contributed by atoms with Crippen LogP contribution in [0, 0.1) is 0 Å². The summed E-state index contributed by atoms with van der Waals surface area (Å²) in [5, 5.41) is 13.6. The molecule has 0 unspecified atom stereocenters. The topological polar surface area (TPSA) is 71.0 Å². The quantitative estimate of drug-likeness (QED) is 0.564. The Kier molecular flexibility index (Phi) is 9.06. The van der Waals surface area contributed by atoms with Gasteiger partial charge in [-0.15, -0.1) is 0 Å². The lowest BCUT2D eigenvalue weighted by atomic mass is 9.99. The summed E-state index contributed by atoms with van der Waals surface area (Å²) in [6.07, 6.45) is 5.44. The van der Waals surface area contributed by atoms with E-state index in [0.717, 1.165) is 38.8 Å². The van der Waals surface area contributed by atoms with Crippen LogP contribution < -0.4 is 14.8 Å². The summed E-state index contributed by atoms with van der Waals surface area (Å²) in [7, 11) is 3.08. The van der Waals surface area contributed by atoms with Crippen molar-refractivity contribution in [1.82, 2.24) is 10.2 Å². The number of aliphatic hydroxyl groups excluding tert-OH is 1. The third-order valence-electron chi connectivity index (χ3n) is 5.62. The van der Waals surface area contributed by atoms with Crippen molar-refractivity contribution in [3.63, 3.8) is 0 Å². The molecule has 158 valence electrons. The summed E-state index contributed by atoms with van der Waals surface area (Å²) in [5.74, 6) is 0.680. The molecule has 2 rings (SSSR count). The first-order valence-electron chi connectivity index (χ1n) is 10.5. The Morgan fingerprint density at radius 1 is 1.29 bits per heavy atom. The van der Waals surface area contributed by atoms with Crippen LogP contribution in [0.1, 0.15) is 74.4 Å². The van der Waals surface area contributed by atoms with E-state index in [-0.39, 0.29) is 5.91 Å². The molecule has 0 spiro atoms. The molecule has 0 radical (unpaired) electrons. The molecule has 2 N–H and O–H groups in total. The Morgan fingerprint density at radius 3 is 2.71 bits per heavy atom. The van der Waals surface area contributed by atoms with E-state index in [4.69, 9.17) is 9.47 Å². The maximum absolute atomic E-state index is 12.9. The highest BCUT2D eigenvalue weighted by Crippen LogP contribution is 2.35. The number of hydrogen-bond acceptors (Lipinski definition) is 5. The summed E-state index contributed by atoms with van der Waals surface area (Å²) in [6.45, 7) is 6.98. The monoisotopic (exact) mass is 392 g/mol. The summed E-state index contributed by atoms with van der Waals surface area (Å²) >= 11 is 0. The van der Waals surface area contributed by atoms with Crippen molar-refractivity contribution in [3.8, 4) is 11.5 Å². The highest BCUT2D eigenvalue weighted by molar-refractivity contribution is 5.98. The zero-order chi connectivity index (χ0) is 20.5. The van der Waals surface area contributed by atoms with E-state index in [0.29, 0.717) is 41.6 Å². The molecule has 1 heterocycles. The van der Waals surface area contributed by atoms with Crippen LogP contribution in [-0.2, 0) is 0 Å². The first-order valence-corrected chi connectivity index (χ1v) is 10.5. The average Bonchev–Trinajstić information content (AvgIpc) is 3.18. The van der Waals surface area contributed by atoms with Gasteiger partial charge in [0.25, 0.3) is 5.91 Å². The molecule has 0 saturated carbocycles. The first-order chi connectivity index (χ1) is 13.5. The summed E-state index contributed by atoms with van der Waals surface area (Å²) in [4.78, 5) is 15.3. The van der Waals surface area contributed by atoms with Crippen LogP contribution in [0.15, 0.2) is 12.1 Å². The van der Waals surface area contributed by atoms with Crippen LogP contribution >= 0.6 is 0 Å². The van der Waals surface area contributed by atoms with Gasteiger partial charge in [0.05, 0.1) is 25.9 Å². The van der Waals surface area contributed by atoms with E-state index in [1.807, 2.05) is 0 Å². The lowest BCUT2D eigenvalue weighted by molar-refractivity contribution is 0.0937. The SMILES string of the molecule is CCCCC[C@H](O)c1cc(OC)c(OC)c(C(=O)NC[C@@H]2CCCN2CC)c1. The van der Waals surface area contributed by atoms with Gasteiger partial charge >= 0.3 is 0 Å². The zero-order valence-electron chi connectivity index (χ0n) is 17.8. The molecule has 1 aliphatic rings. The minimum absolute atomic E-state index is 0.194. The van der Waals surface area contributed by atoms with Crippen LogP contribution in [0.2, 0.25) is 0 Å². The number of likely N-dealkylation sites (N-methyl/N-ethyl adjacent to an activating group) is 1. The van der Waals surface area contributed by atoms with Crippen LogP contribution in [0.5, 0.6) is 11.5 Å². The molecule has 0 aliphatic carbocycles. The summed E-state index contributed by atoms with van der Waals surface area (Å²) in [6, 6.07) is 3.88. The smallest absolute Gasteiger partial charge is 0.255 e. The summed E-state index contributed by atoms with van der Waals surface area (Å²) in [5.41, 5.74) is 1.10. The second-order valence-corrected chi connectivity index (χ2v) is 7.45. The van der Waals surface area contributed by atoms with Crippen molar-refractivity contribution in [3.05, 3.63) is 23.3 Å². The Hall–Kier alpha value is -1.79. The fourth-order valence-corrected chi connectivity index (χ4v) is 3.95. The number of hydrogen-bond donors (Lipinski definition) is 2. The molecule has 1 aromatic rings. The fourth-order valence-electron chi connectivity index (χ4n) is 3.95. The molecule has 2 atom stereocenters. The predicted molar refractivity (Wildman–Crippen MR) is 111 cm³/mol. The lowest BCUT2D eigenvalue weighted by Crippen LogP contribution is -2.40. The molecular weight excluding hydrogens is 356 g/mol. The van der Waals surface area contributed by atoms with E-state index in [9.17, 15) is 9.90 Å². The van der Waals surface area contributed by atoms with Gasteiger partial charge in [-0.3, -0.25) is 9.69 Å². The molecule has 1 saturated heterocycles. The predicted octanol–water partition coefficient (Wildman–Crippen LogP) is 3.53. The van der Waals surface area contributed by atoms with Crippen LogP contribution in [0.25, 0.3) is 0 Å². The van der Waals surface area contributed by atoms with Crippen molar-refractivity contribution in [2.75, 3.05) is 33.9 Å². The average molecular weight is 393 g/mol. The number of nitrogens with zero attached hydrogens (tertiary/aromatic N) is 1. The number of likely N-dealkylation sites (tertiary alicyclic amines) is 1. The Morgan fingerprint density at radius 2 is 2.07 bits per heavy atom. The van der Waals surface area contributed by atoms with E-state index >= 15 is 0 Å². The maximum Gasteiger partial charge on any atom is 0.255 e. The number of unbranched alkanes of at least 4 members (excludes halogenated alkanes) is 2. The minimum Gasteiger partial charge on any atom is -0.493 e. The number of aliphatic hydroxyl groups is 1. The van der Waals surface area contributed by atoms with E-state index in [2.05, 4.69) is 24.1 Å². The number of rotatable bonds is 11. The van der Waals surface area contributed by atoms with Crippen molar-refractivity contribution in [1.29, 1.82) is 0 Å². The van der Waals surface area contributed by atoms with Gasteiger partial charge in [0, 0.05) is 12.6 Å². The largest absolute Gasteiger partial charge is 0.493 e. The maximum atomic E-state index is 12.9. The minimum atomic E-state index is -0.622. The fraction of sp³-hybridized carbons (Fsp3) is 0.682. The third-order valence-corrected chi connectivity index (χ3v) is 5.62. The standard InChI is InChI=1S/C22H36N2O4/c1-5-7-8-11-19(25)16-13-18(21(28-4)20(14-16)27-3)22(26)23-15-17-10-9-12-24(17)6-2/h13-14,17,19,25H,5-12,15H2,1-4H3,(H,23,26)/t17-,19-/m0/s1. The number of ether oxygens (including phenoxy) is 2. The number of carbonyl (C=O) groups is 1. The molecule has 1 fully saturated rings. The van der Waals surface area contributed by atoms with Gasteiger partial charge in [0.15, 0.2) is 11.5 Å². The molecule has 6 nitrogen and oxygen atoms in total. The number of amides is 1. The lowest BCUT2D eigenvalue weighted by Gasteiger charge is -2.23. The number of nitrogens with one attached hydrogen (secondary N) is 1. The second-order valence-electron chi connectivity index (χ2n) is 7.45. The van der Waals surface area contributed by atoms with Crippen molar-refractivity contribution < 1.29 is 19.4 Å². The normalized spacial score (nSPS) is 18.1. The van der Waals surface area contributed by atoms with Gasteiger partial charge in [-0.25, -0.2) is 0 Å². The molecule has 0 aromatic heterocycles. The molecular formula is C22H36N2O4. The molecule has 0 bridgehead atoms. The van der Waals surface area contributed by atoms with E-state index in [1.54, 1.807) is 19.2 Å². The number of benzene rings is 1. The molecule has 1 aromatic carbocycles. The van der Waals surface area contributed by atoms with Crippen LogP contribution in [0.4, 0.5) is 0 Å². The zero-order valence-corrected chi connectivity index (χ0v) is 17.8. The molecule has 6 heteroatoms. The first kappa shape index (κ1) is 22.5. The second kappa shape index (κ2) is 11.3. The van der Waals surface area contributed by atoms with E-state index in [1.165, 1.54) is 13.5 Å². The van der Waals surface area contributed by atoms with Crippen molar-refractivity contribution >= 4 is 5.91 Å². The van der Waals surface area contributed by atoms with Crippen molar-refractivity contribution in [2.45, 2.75) is 64.5 Å². The van der Waals surface area contributed by atoms with Crippen LogP contribution in [0.3, 0.4) is 0 Å². The van der Waals surface area contributed by atoms with E-state index < -0.39 is 6.10 Å². The molecule has 1 amide bonds. The van der Waals surface area contributed by atoms with Gasteiger partial charge in [-0.1, -0.05) is 33.1 Å². The number of methoxy groups -OCH3 is 2. The molecule has 28 heavy (non-hydrogen) atoms. The summed E-state index contributed by atoms with van der Waals surface area (Å²) < 4.78 is 10.9. The number of carbonyl (C=O) groups excluding carboxylic acids is 1. The third kappa shape index (κ3) is 5.61. The van der Waals surface area contributed by atoms with Gasteiger partial charge in [-0.2, -0.15) is 0 Å².